The normalized spacial score (nSPS) is 16.5. The number of methoxy groups -OCH3 is 1. The van der Waals surface area contributed by atoms with Gasteiger partial charge in [0.05, 0.1) is 12.7 Å². The number of amides is 1. The summed E-state index contributed by atoms with van der Waals surface area (Å²) < 4.78 is 43.8. The first-order valence-electron chi connectivity index (χ1n) is 6.89. The Bertz CT molecular complexity index is 567. The van der Waals surface area contributed by atoms with Crippen LogP contribution >= 0.6 is 0 Å². The fraction of sp³-hybridized carbons (Fsp3) is 0.467. The highest BCUT2D eigenvalue weighted by Crippen LogP contribution is 2.35. The lowest BCUT2D eigenvalue weighted by Crippen LogP contribution is -2.41. The molecule has 1 aliphatic rings. The Morgan fingerprint density at radius 3 is 2.41 bits per heavy atom. The van der Waals surface area contributed by atoms with Crippen molar-refractivity contribution in [1.82, 2.24) is 5.32 Å². The van der Waals surface area contributed by atoms with Crippen LogP contribution in [-0.4, -0.2) is 19.0 Å². The standard InChI is InChI=1S/C15H16F3NO3/c1-22-14(21)12(19-13(20)9-5-4-6-9)10-7-2-3-8-11(10)15(16,17)18/h2-3,7-9,12H,4-6H2,1H3,(H,19,20)/t12-/m1/s1. The highest BCUT2D eigenvalue weighted by molar-refractivity contribution is 5.87. The molecule has 2 rings (SSSR count). The Hall–Kier alpha value is -2.05. The summed E-state index contributed by atoms with van der Waals surface area (Å²) in [7, 11) is 1.07. The summed E-state index contributed by atoms with van der Waals surface area (Å²) in [5.41, 5.74) is -1.27. The van der Waals surface area contributed by atoms with Gasteiger partial charge in [-0.25, -0.2) is 4.79 Å². The van der Waals surface area contributed by atoms with E-state index in [0.29, 0.717) is 12.8 Å². The number of alkyl halides is 3. The molecule has 0 aromatic heterocycles. The number of carbonyl (C=O) groups excluding carboxylic acids is 2. The van der Waals surface area contributed by atoms with Gasteiger partial charge in [-0.1, -0.05) is 24.6 Å². The second-order valence-corrected chi connectivity index (χ2v) is 5.18. The molecular formula is C15H16F3NO3. The summed E-state index contributed by atoms with van der Waals surface area (Å²) in [6.07, 6.45) is -2.36. The van der Waals surface area contributed by atoms with Gasteiger partial charge in [0.25, 0.3) is 0 Å². The maximum absolute atomic E-state index is 13.1. The zero-order valence-electron chi connectivity index (χ0n) is 11.9. The van der Waals surface area contributed by atoms with Crippen LogP contribution in [0, 0.1) is 5.92 Å². The largest absolute Gasteiger partial charge is 0.467 e. The van der Waals surface area contributed by atoms with Crippen molar-refractivity contribution in [2.24, 2.45) is 5.92 Å². The molecule has 0 aliphatic heterocycles. The molecule has 4 nitrogen and oxygen atoms in total. The van der Waals surface area contributed by atoms with E-state index >= 15 is 0 Å². The second-order valence-electron chi connectivity index (χ2n) is 5.18. The Morgan fingerprint density at radius 2 is 1.91 bits per heavy atom. The average Bonchev–Trinajstić information content (AvgIpc) is 2.41. The van der Waals surface area contributed by atoms with Crippen LogP contribution in [0.5, 0.6) is 0 Å². The molecule has 1 atom stereocenters. The first-order chi connectivity index (χ1) is 10.3. The van der Waals surface area contributed by atoms with Crippen molar-refractivity contribution in [2.45, 2.75) is 31.5 Å². The van der Waals surface area contributed by atoms with Crippen molar-refractivity contribution in [3.63, 3.8) is 0 Å². The van der Waals surface area contributed by atoms with Crippen LogP contribution in [0.2, 0.25) is 0 Å². The van der Waals surface area contributed by atoms with Crippen molar-refractivity contribution in [1.29, 1.82) is 0 Å². The topological polar surface area (TPSA) is 55.4 Å². The molecular weight excluding hydrogens is 299 g/mol. The summed E-state index contributed by atoms with van der Waals surface area (Å²) >= 11 is 0. The van der Waals surface area contributed by atoms with E-state index < -0.39 is 29.7 Å². The van der Waals surface area contributed by atoms with Crippen molar-refractivity contribution in [3.05, 3.63) is 35.4 Å². The van der Waals surface area contributed by atoms with Crippen LogP contribution in [0.3, 0.4) is 0 Å². The van der Waals surface area contributed by atoms with Crippen LogP contribution < -0.4 is 5.32 Å². The van der Waals surface area contributed by atoms with Crippen molar-refractivity contribution >= 4 is 11.9 Å². The number of hydrogen-bond acceptors (Lipinski definition) is 3. The highest BCUT2D eigenvalue weighted by atomic mass is 19.4. The third kappa shape index (κ3) is 3.40. The lowest BCUT2D eigenvalue weighted by molar-refractivity contribution is -0.147. The molecule has 0 bridgehead atoms. The Morgan fingerprint density at radius 1 is 1.27 bits per heavy atom. The van der Waals surface area contributed by atoms with E-state index in [0.717, 1.165) is 19.6 Å². The molecule has 0 heterocycles. The quantitative estimate of drug-likeness (QED) is 0.869. The van der Waals surface area contributed by atoms with Gasteiger partial charge in [-0.2, -0.15) is 13.2 Å². The van der Waals surface area contributed by atoms with Gasteiger partial charge in [0, 0.05) is 5.92 Å². The number of rotatable bonds is 4. The molecule has 1 amide bonds. The fourth-order valence-electron chi connectivity index (χ4n) is 2.32. The van der Waals surface area contributed by atoms with Crippen LogP contribution in [0.15, 0.2) is 24.3 Å². The SMILES string of the molecule is COC(=O)[C@H](NC(=O)C1CCC1)c1ccccc1C(F)(F)F. The first kappa shape index (κ1) is 16.3. The monoisotopic (exact) mass is 315 g/mol. The highest BCUT2D eigenvalue weighted by Gasteiger charge is 2.38. The minimum absolute atomic E-state index is 0.245. The minimum atomic E-state index is -4.62. The van der Waals surface area contributed by atoms with Crippen LogP contribution in [0.4, 0.5) is 13.2 Å². The third-order valence-electron chi connectivity index (χ3n) is 3.78. The van der Waals surface area contributed by atoms with Gasteiger partial charge in [0.15, 0.2) is 6.04 Å². The second kappa shape index (κ2) is 6.37. The number of benzene rings is 1. The van der Waals surface area contributed by atoms with Crippen LogP contribution in [0.25, 0.3) is 0 Å². The molecule has 1 saturated carbocycles. The van der Waals surface area contributed by atoms with Gasteiger partial charge in [-0.15, -0.1) is 0 Å². The molecule has 0 unspecified atom stereocenters. The molecule has 1 aliphatic carbocycles. The van der Waals surface area contributed by atoms with Crippen molar-refractivity contribution in [2.75, 3.05) is 7.11 Å². The zero-order chi connectivity index (χ0) is 16.3. The van der Waals surface area contributed by atoms with Gasteiger partial charge in [0.1, 0.15) is 0 Å². The molecule has 7 heteroatoms. The molecule has 22 heavy (non-hydrogen) atoms. The summed E-state index contributed by atoms with van der Waals surface area (Å²) in [5, 5.41) is 2.38. The maximum atomic E-state index is 13.1. The maximum Gasteiger partial charge on any atom is 0.416 e. The third-order valence-corrected chi connectivity index (χ3v) is 3.78. The zero-order valence-corrected chi connectivity index (χ0v) is 11.9. The average molecular weight is 315 g/mol. The van der Waals surface area contributed by atoms with E-state index in [-0.39, 0.29) is 11.5 Å². The number of hydrogen-bond donors (Lipinski definition) is 1. The minimum Gasteiger partial charge on any atom is -0.467 e. The Kier molecular flexibility index (Phi) is 4.73. The van der Waals surface area contributed by atoms with Crippen LogP contribution in [0.1, 0.15) is 36.4 Å². The van der Waals surface area contributed by atoms with E-state index in [4.69, 9.17) is 0 Å². The Labute approximate surface area is 125 Å². The van der Waals surface area contributed by atoms with Crippen molar-refractivity contribution < 1.29 is 27.5 Å². The van der Waals surface area contributed by atoms with Gasteiger partial charge >= 0.3 is 12.1 Å². The van der Waals surface area contributed by atoms with E-state index in [1.54, 1.807) is 0 Å². The Balaban J connectivity index is 2.33. The number of halogens is 3. The number of esters is 1. The molecule has 1 aromatic carbocycles. The number of ether oxygens (including phenoxy) is 1. The lowest BCUT2D eigenvalue weighted by atomic mass is 9.84. The van der Waals surface area contributed by atoms with Gasteiger partial charge in [-0.3, -0.25) is 4.79 Å². The smallest absolute Gasteiger partial charge is 0.416 e. The summed E-state index contributed by atoms with van der Waals surface area (Å²) in [6.45, 7) is 0. The van der Waals surface area contributed by atoms with Gasteiger partial charge < -0.3 is 10.1 Å². The molecule has 1 aromatic rings. The van der Waals surface area contributed by atoms with E-state index in [9.17, 15) is 22.8 Å². The van der Waals surface area contributed by atoms with Crippen LogP contribution in [-0.2, 0) is 20.5 Å². The molecule has 0 radical (unpaired) electrons. The molecule has 0 saturated heterocycles. The van der Waals surface area contributed by atoms with E-state index in [2.05, 4.69) is 10.1 Å². The van der Waals surface area contributed by atoms with Gasteiger partial charge in [0.2, 0.25) is 5.91 Å². The predicted octanol–water partition coefficient (Wildman–Crippen LogP) is 2.84. The molecule has 1 fully saturated rings. The van der Waals surface area contributed by atoms with Crippen molar-refractivity contribution in [3.8, 4) is 0 Å². The van der Waals surface area contributed by atoms with Gasteiger partial charge in [-0.05, 0) is 24.5 Å². The van der Waals surface area contributed by atoms with E-state index in [1.807, 2.05) is 0 Å². The predicted molar refractivity (Wildman–Crippen MR) is 71.7 cm³/mol. The number of nitrogens with one attached hydrogen (secondary N) is 1. The summed E-state index contributed by atoms with van der Waals surface area (Å²) in [4.78, 5) is 23.8. The summed E-state index contributed by atoms with van der Waals surface area (Å²) in [5.74, 6) is -1.59. The molecule has 0 spiro atoms. The lowest BCUT2D eigenvalue weighted by Gasteiger charge is -2.27. The number of carbonyl (C=O) groups is 2. The summed E-state index contributed by atoms with van der Waals surface area (Å²) in [6, 6.07) is 3.20. The molecule has 120 valence electrons. The van der Waals surface area contributed by atoms with E-state index in [1.165, 1.54) is 18.2 Å². The fourth-order valence-corrected chi connectivity index (χ4v) is 2.32. The molecule has 1 N–H and O–H groups in total. The first-order valence-corrected chi connectivity index (χ1v) is 6.89.